The Bertz CT molecular complexity index is 1410. The molecule has 0 bridgehead atoms. The highest BCUT2D eigenvalue weighted by Gasteiger charge is 2.39. The van der Waals surface area contributed by atoms with Crippen molar-refractivity contribution in [3.05, 3.63) is 93.1 Å². The summed E-state index contributed by atoms with van der Waals surface area (Å²) in [6.07, 6.45) is 0. The number of methoxy groups -OCH3 is 1. The maximum atomic E-state index is 13.7. The van der Waals surface area contributed by atoms with Crippen LogP contribution in [0.3, 0.4) is 0 Å². The van der Waals surface area contributed by atoms with Crippen molar-refractivity contribution in [3.8, 4) is 5.75 Å². The second-order valence-corrected chi connectivity index (χ2v) is 8.32. The summed E-state index contributed by atoms with van der Waals surface area (Å²) in [6.45, 7) is 6.29. The van der Waals surface area contributed by atoms with Gasteiger partial charge in [-0.1, -0.05) is 12.1 Å². The first-order valence-electron chi connectivity index (χ1n) is 10.5. The van der Waals surface area contributed by atoms with E-state index in [4.69, 9.17) is 9.15 Å². The maximum absolute atomic E-state index is 13.7. The van der Waals surface area contributed by atoms with E-state index >= 15 is 0 Å². The van der Waals surface area contributed by atoms with Crippen LogP contribution in [-0.4, -0.2) is 17.6 Å². The summed E-state index contributed by atoms with van der Waals surface area (Å²) in [7, 11) is 1.63. The predicted octanol–water partition coefficient (Wildman–Crippen LogP) is 4.66. The Morgan fingerprint density at radius 3 is 2.41 bits per heavy atom. The minimum absolute atomic E-state index is 0.00134. The van der Waals surface area contributed by atoms with E-state index in [1.165, 1.54) is 6.07 Å². The number of rotatable bonds is 4. The van der Waals surface area contributed by atoms with Gasteiger partial charge in [0.15, 0.2) is 0 Å². The number of hydrogen-bond acceptors (Lipinski definition) is 4. The van der Waals surface area contributed by atoms with Gasteiger partial charge in [0.05, 0.1) is 19.3 Å². The van der Waals surface area contributed by atoms with Gasteiger partial charge in [-0.05, 0) is 68.3 Å². The molecule has 0 spiro atoms. The van der Waals surface area contributed by atoms with Crippen molar-refractivity contribution in [2.45, 2.75) is 33.4 Å². The summed E-state index contributed by atoms with van der Waals surface area (Å²) in [5.74, 6) is 0.718. The Kier molecular flexibility index (Phi) is 4.66. The van der Waals surface area contributed by atoms with Gasteiger partial charge in [0, 0.05) is 28.4 Å². The van der Waals surface area contributed by atoms with Crippen LogP contribution in [-0.2, 0) is 11.3 Å². The molecule has 32 heavy (non-hydrogen) atoms. The number of nitrogens with zero attached hydrogens (tertiary/aromatic N) is 2. The van der Waals surface area contributed by atoms with E-state index in [1.807, 2.05) is 69.3 Å². The Hall–Kier alpha value is -3.80. The first-order chi connectivity index (χ1) is 15.4. The zero-order chi connectivity index (χ0) is 22.6. The fourth-order valence-electron chi connectivity index (χ4n) is 4.67. The molecule has 3 heterocycles. The van der Waals surface area contributed by atoms with E-state index in [9.17, 15) is 9.59 Å². The van der Waals surface area contributed by atoms with Gasteiger partial charge in [-0.3, -0.25) is 4.79 Å². The minimum atomic E-state index is -0.448. The van der Waals surface area contributed by atoms with Crippen LogP contribution in [0.1, 0.15) is 34.1 Å². The van der Waals surface area contributed by atoms with Crippen LogP contribution in [0.4, 0.5) is 5.69 Å². The van der Waals surface area contributed by atoms with Crippen molar-refractivity contribution in [1.82, 2.24) is 4.57 Å². The van der Waals surface area contributed by atoms with Gasteiger partial charge in [0.25, 0.3) is 5.91 Å². The number of carbonyl (C=O) groups excluding carboxylic acids is 1. The van der Waals surface area contributed by atoms with Crippen LogP contribution in [0, 0.1) is 20.8 Å². The minimum Gasteiger partial charge on any atom is -0.497 e. The first kappa shape index (κ1) is 20.1. The van der Waals surface area contributed by atoms with Crippen molar-refractivity contribution in [2.24, 2.45) is 0 Å². The summed E-state index contributed by atoms with van der Waals surface area (Å²) in [5, 5.41) is 0.891. The molecule has 6 nitrogen and oxygen atoms in total. The Morgan fingerprint density at radius 2 is 1.69 bits per heavy atom. The quantitative estimate of drug-likeness (QED) is 0.443. The average molecular weight is 428 g/mol. The lowest BCUT2D eigenvalue weighted by molar-refractivity contribution is -0.120. The number of aromatic nitrogens is 1. The zero-order valence-electron chi connectivity index (χ0n) is 18.5. The van der Waals surface area contributed by atoms with Crippen molar-refractivity contribution in [2.75, 3.05) is 12.0 Å². The number of hydrogen-bond donors (Lipinski definition) is 0. The maximum Gasteiger partial charge on any atom is 0.336 e. The number of benzene rings is 2. The SMILES string of the molecule is COc1ccc2c(c1)C(n1c(C)ccc1C)C(=O)N2Cc1ccc2c(C)cc(=O)oc2c1. The molecule has 0 aliphatic carbocycles. The van der Waals surface area contributed by atoms with Crippen LogP contribution in [0.15, 0.2) is 63.8 Å². The molecule has 2 aromatic heterocycles. The molecule has 1 amide bonds. The lowest BCUT2D eigenvalue weighted by atomic mass is 10.1. The van der Waals surface area contributed by atoms with Crippen LogP contribution in [0.2, 0.25) is 0 Å². The number of carbonyl (C=O) groups is 1. The molecule has 1 aliphatic heterocycles. The molecule has 2 aromatic carbocycles. The van der Waals surface area contributed by atoms with E-state index < -0.39 is 6.04 Å². The fourth-order valence-corrected chi connectivity index (χ4v) is 4.67. The predicted molar refractivity (Wildman–Crippen MR) is 123 cm³/mol. The van der Waals surface area contributed by atoms with Crippen molar-refractivity contribution in [1.29, 1.82) is 0 Å². The Morgan fingerprint density at radius 1 is 0.938 bits per heavy atom. The third-order valence-electron chi connectivity index (χ3n) is 6.26. The fraction of sp³-hybridized carbons (Fsp3) is 0.231. The lowest BCUT2D eigenvalue weighted by Gasteiger charge is -2.20. The molecule has 0 radical (unpaired) electrons. The van der Waals surface area contributed by atoms with Crippen molar-refractivity contribution in [3.63, 3.8) is 0 Å². The number of amides is 1. The average Bonchev–Trinajstić information content (AvgIpc) is 3.22. The Balaban J connectivity index is 1.60. The molecule has 0 N–H and O–H groups in total. The molecular weight excluding hydrogens is 404 g/mol. The highest BCUT2D eigenvalue weighted by atomic mass is 16.5. The second kappa shape index (κ2) is 7.41. The largest absolute Gasteiger partial charge is 0.497 e. The van der Waals surface area contributed by atoms with Crippen LogP contribution >= 0.6 is 0 Å². The monoisotopic (exact) mass is 428 g/mol. The lowest BCUT2D eigenvalue weighted by Crippen LogP contribution is -2.31. The normalized spacial score (nSPS) is 15.4. The Labute approximate surface area is 185 Å². The summed E-state index contributed by atoms with van der Waals surface area (Å²) in [6, 6.07) is 16.6. The van der Waals surface area contributed by atoms with Gasteiger partial charge in [-0.2, -0.15) is 0 Å². The summed E-state index contributed by atoms with van der Waals surface area (Å²) in [5.41, 5.74) is 5.75. The van der Waals surface area contributed by atoms with Crippen molar-refractivity contribution >= 4 is 22.6 Å². The van der Waals surface area contributed by atoms with Crippen LogP contribution in [0.5, 0.6) is 5.75 Å². The van der Waals surface area contributed by atoms with Crippen LogP contribution in [0.25, 0.3) is 11.0 Å². The molecule has 5 rings (SSSR count). The molecule has 1 atom stereocenters. The zero-order valence-corrected chi connectivity index (χ0v) is 18.5. The van der Waals surface area contributed by atoms with E-state index in [0.717, 1.165) is 39.2 Å². The molecule has 0 fully saturated rings. The number of anilines is 1. The van der Waals surface area contributed by atoms with Gasteiger partial charge in [-0.15, -0.1) is 0 Å². The van der Waals surface area contributed by atoms with E-state index in [-0.39, 0.29) is 11.5 Å². The highest BCUT2D eigenvalue weighted by molar-refractivity contribution is 6.05. The summed E-state index contributed by atoms with van der Waals surface area (Å²) < 4.78 is 12.9. The first-order valence-corrected chi connectivity index (χ1v) is 10.5. The standard InChI is InChI=1S/C26H24N2O4/c1-15-11-24(29)32-23-12-18(7-9-20(15)23)14-27-22-10-8-19(31-4)13-21(22)25(26(27)30)28-16(2)5-6-17(28)3/h5-13,25H,14H2,1-4H3. The topological polar surface area (TPSA) is 64.7 Å². The number of fused-ring (bicyclic) bond motifs is 2. The third kappa shape index (κ3) is 3.11. The number of aryl methyl sites for hydroxylation is 3. The molecule has 4 aromatic rings. The molecule has 0 saturated carbocycles. The van der Waals surface area contributed by atoms with Gasteiger partial charge in [0.1, 0.15) is 17.4 Å². The molecular formula is C26H24N2O4. The summed E-state index contributed by atoms with van der Waals surface area (Å²) >= 11 is 0. The van der Waals surface area contributed by atoms with Gasteiger partial charge < -0.3 is 18.6 Å². The smallest absolute Gasteiger partial charge is 0.336 e. The van der Waals surface area contributed by atoms with Gasteiger partial charge in [-0.25, -0.2) is 4.79 Å². The molecule has 1 aliphatic rings. The van der Waals surface area contributed by atoms with E-state index in [2.05, 4.69) is 4.57 Å². The van der Waals surface area contributed by atoms with Crippen LogP contribution < -0.4 is 15.3 Å². The number of ether oxygens (including phenoxy) is 1. The molecule has 0 saturated heterocycles. The summed E-state index contributed by atoms with van der Waals surface area (Å²) in [4.78, 5) is 27.4. The van der Waals surface area contributed by atoms with Gasteiger partial charge >= 0.3 is 5.63 Å². The molecule has 1 unspecified atom stereocenters. The molecule has 162 valence electrons. The van der Waals surface area contributed by atoms with E-state index in [1.54, 1.807) is 12.0 Å². The van der Waals surface area contributed by atoms with Crippen molar-refractivity contribution < 1.29 is 13.9 Å². The van der Waals surface area contributed by atoms with E-state index in [0.29, 0.717) is 17.9 Å². The molecule has 6 heteroatoms. The van der Waals surface area contributed by atoms with Gasteiger partial charge in [0.2, 0.25) is 0 Å². The highest BCUT2D eigenvalue weighted by Crippen LogP contribution is 2.42. The third-order valence-corrected chi connectivity index (χ3v) is 6.26. The second-order valence-electron chi connectivity index (χ2n) is 8.32.